The summed E-state index contributed by atoms with van der Waals surface area (Å²) in [6, 6.07) is 4.29. The van der Waals surface area contributed by atoms with E-state index in [-0.39, 0.29) is 10.9 Å². The van der Waals surface area contributed by atoms with Crippen LogP contribution in [0.2, 0.25) is 0 Å². The Labute approximate surface area is 126 Å². The number of ether oxygens (including phenoxy) is 1. The number of hydrogen-bond acceptors (Lipinski definition) is 9. The third kappa shape index (κ3) is 3.31. The summed E-state index contributed by atoms with van der Waals surface area (Å²) in [5.74, 6) is 0. The first-order chi connectivity index (χ1) is 10.3. The maximum Gasteiger partial charge on any atom is 0.157 e. The van der Waals surface area contributed by atoms with Crippen molar-refractivity contribution in [3.8, 4) is 0 Å². The lowest BCUT2D eigenvalue weighted by Crippen LogP contribution is -2.40. The Kier molecular flexibility index (Phi) is 5.19. The first-order valence-electron chi connectivity index (χ1n) is 6.69. The summed E-state index contributed by atoms with van der Waals surface area (Å²) >= 11 is 0. The highest BCUT2D eigenvalue weighted by molar-refractivity contribution is 5.59. The van der Waals surface area contributed by atoms with E-state index in [1.165, 1.54) is 18.2 Å². The molecule has 124 valence electrons. The number of hydrogen-bond donors (Lipinski definition) is 6. The van der Waals surface area contributed by atoms with Gasteiger partial charge in [0.25, 0.3) is 0 Å². The van der Waals surface area contributed by atoms with Gasteiger partial charge in [0.2, 0.25) is 0 Å². The molecule has 0 radical (unpaired) electrons. The fourth-order valence-corrected chi connectivity index (χ4v) is 2.33. The second-order valence-electron chi connectivity index (χ2n) is 5.17. The van der Waals surface area contributed by atoms with Crippen molar-refractivity contribution in [1.82, 2.24) is 0 Å². The lowest BCUT2D eigenvalue weighted by molar-refractivity contribution is -0.0774. The lowest BCUT2D eigenvalue weighted by Gasteiger charge is -2.24. The Bertz CT molecular complexity index is 513. The molecule has 0 spiro atoms. The summed E-state index contributed by atoms with van der Waals surface area (Å²) in [5.41, 5.74) is 1.16. The van der Waals surface area contributed by atoms with E-state index in [1.807, 2.05) is 0 Å². The first kappa shape index (κ1) is 16.9. The minimum absolute atomic E-state index is 0.0459. The van der Waals surface area contributed by atoms with Crippen LogP contribution in [0.15, 0.2) is 18.2 Å². The molecule has 9 heteroatoms. The van der Waals surface area contributed by atoms with Crippen LogP contribution in [0.25, 0.3) is 0 Å². The molecule has 0 aliphatic carbocycles. The molecule has 1 aliphatic heterocycles. The van der Waals surface area contributed by atoms with Crippen LogP contribution in [0.5, 0.6) is 0 Å². The predicted octanol–water partition coefficient (Wildman–Crippen LogP) is -1.10. The van der Waals surface area contributed by atoms with Gasteiger partial charge in [0.05, 0.1) is 12.3 Å². The van der Waals surface area contributed by atoms with E-state index in [0.29, 0.717) is 11.3 Å². The molecule has 5 unspecified atom stereocenters. The van der Waals surface area contributed by atoms with Crippen LogP contribution in [0, 0.1) is 12.1 Å². The molecule has 6 N–H and O–H groups in total. The Balaban J connectivity index is 2.11. The van der Waals surface area contributed by atoms with Crippen LogP contribution >= 0.6 is 0 Å². The van der Waals surface area contributed by atoms with E-state index in [0.717, 1.165) is 0 Å². The van der Waals surface area contributed by atoms with Gasteiger partial charge in [-0.2, -0.15) is 0 Å². The fourth-order valence-electron chi connectivity index (χ4n) is 2.33. The van der Waals surface area contributed by atoms with Crippen molar-refractivity contribution in [2.45, 2.75) is 37.6 Å². The minimum atomic E-state index is -1.35. The second kappa shape index (κ2) is 6.75. The molecule has 2 rings (SSSR count). The summed E-state index contributed by atoms with van der Waals surface area (Å²) in [4.78, 5) is 0. The van der Waals surface area contributed by atoms with Gasteiger partial charge >= 0.3 is 0 Å². The Morgan fingerprint density at radius 3 is 2.59 bits per heavy atom. The molecule has 0 bridgehead atoms. The zero-order chi connectivity index (χ0) is 16.4. The van der Waals surface area contributed by atoms with Gasteiger partial charge in [0.1, 0.15) is 24.4 Å². The second-order valence-corrected chi connectivity index (χ2v) is 5.17. The summed E-state index contributed by atoms with van der Waals surface area (Å²) in [6.07, 6.45) is -6.09. The molecular formula is C13H19N2O7-. The Hall–Kier alpha value is -1.46. The van der Waals surface area contributed by atoms with E-state index in [4.69, 9.17) is 15.1 Å². The number of rotatable bonds is 5. The summed E-state index contributed by atoms with van der Waals surface area (Å²) in [6.45, 7) is 1.07. The molecule has 0 saturated carbocycles. The number of anilines is 2. The smallest absolute Gasteiger partial charge is 0.157 e. The van der Waals surface area contributed by atoms with Gasteiger partial charge in [0, 0.05) is 5.69 Å². The van der Waals surface area contributed by atoms with Gasteiger partial charge in [-0.3, -0.25) is 5.21 Å². The quantitative estimate of drug-likeness (QED) is 0.372. The third-order valence-corrected chi connectivity index (χ3v) is 3.60. The van der Waals surface area contributed by atoms with Crippen molar-refractivity contribution in [2.24, 2.45) is 0 Å². The van der Waals surface area contributed by atoms with Crippen LogP contribution in [-0.2, 0) is 4.74 Å². The summed E-state index contributed by atoms with van der Waals surface area (Å²) in [7, 11) is 0. The van der Waals surface area contributed by atoms with Gasteiger partial charge in [-0.25, -0.2) is 0 Å². The third-order valence-electron chi connectivity index (χ3n) is 3.60. The molecule has 9 nitrogen and oxygen atoms in total. The SMILES string of the molecule is Cc1cc(N([O-])O)ccc1NC1OC(C(O)CO)C(O)C1O. The number of nitrogens with one attached hydrogen (secondary N) is 1. The lowest BCUT2D eigenvalue weighted by atomic mass is 10.1. The van der Waals surface area contributed by atoms with E-state index in [9.17, 15) is 20.5 Å². The monoisotopic (exact) mass is 315 g/mol. The van der Waals surface area contributed by atoms with E-state index in [2.05, 4.69) is 5.32 Å². The highest BCUT2D eigenvalue weighted by Crippen LogP contribution is 2.28. The van der Waals surface area contributed by atoms with Crippen LogP contribution < -0.4 is 10.5 Å². The molecule has 1 saturated heterocycles. The molecule has 1 aliphatic rings. The Morgan fingerprint density at radius 1 is 1.36 bits per heavy atom. The van der Waals surface area contributed by atoms with E-state index in [1.54, 1.807) is 6.92 Å². The molecule has 0 aromatic heterocycles. The number of benzene rings is 1. The largest absolute Gasteiger partial charge is 0.733 e. The van der Waals surface area contributed by atoms with Crippen molar-refractivity contribution >= 4 is 11.4 Å². The first-order valence-corrected chi connectivity index (χ1v) is 6.69. The molecular weight excluding hydrogens is 296 g/mol. The Morgan fingerprint density at radius 2 is 2.05 bits per heavy atom. The van der Waals surface area contributed by atoms with Crippen molar-refractivity contribution in [3.63, 3.8) is 0 Å². The number of nitrogens with zero attached hydrogens (tertiary/aromatic N) is 1. The highest BCUT2D eigenvalue weighted by Gasteiger charge is 2.45. The molecule has 22 heavy (non-hydrogen) atoms. The van der Waals surface area contributed by atoms with Crippen LogP contribution in [-0.4, -0.2) is 62.9 Å². The maximum absolute atomic E-state index is 10.8. The minimum Gasteiger partial charge on any atom is -0.733 e. The number of aryl methyl sites for hydroxylation is 1. The van der Waals surface area contributed by atoms with Crippen LogP contribution in [0.1, 0.15) is 5.56 Å². The van der Waals surface area contributed by atoms with Gasteiger partial charge in [0.15, 0.2) is 6.23 Å². The molecule has 1 aromatic rings. The zero-order valence-corrected chi connectivity index (χ0v) is 11.8. The average molecular weight is 315 g/mol. The van der Waals surface area contributed by atoms with Gasteiger partial charge < -0.3 is 40.9 Å². The average Bonchev–Trinajstić information content (AvgIpc) is 2.76. The number of aliphatic hydroxyl groups excluding tert-OH is 4. The van der Waals surface area contributed by atoms with Crippen molar-refractivity contribution in [3.05, 3.63) is 29.0 Å². The maximum atomic E-state index is 10.8. The van der Waals surface area contributed by atoms with E-state index >= 15 is 0 Å². The highest BCUT2D eigenvalue weighted by atomic mass is 16.8. The normalized spacial score (nSPS) is 29.4. The van der Waals surface area contributed by atoms with Crippen molar-refractivity contribution in [2.75, 3.05) is 17.2 Å². The van der Waals surface area contributed by atoms with Gasteiger partial charge in [-0.15, -0.1) is 0 Å². The summed E-state index contributed by atoms with van der Waals surface area (Å²) in [5, 5.41) is 60.4. The predicted molar refractivity (Wildman–Crippen MR) is 76.2 cm³/mol. The molecule has 0 amide bonds. The van der Waals surface area contributed by atoms with E-state index < -0.39 is 37.3 Å². The van der Waals surface area contributed by atoms with Gasteiger partial charge in [-0.1, -0.05) is 0 Å². The number of aliphatic hydroxyl groups is 4. The van der Waals surface area contributed by atoms with Gasteiger partial charge in [-0.05, 0) is 30.7 Å². The van der Waals surface area contributed by atoms with Crippen molar-refractivity contribution < 1.29 is 30.4 Å². The van der Waals surface area contributed by atoms with Crippen molar-refractivity contribution in [1.29, 1.82) is 0 Å². The van der Waals surface area contributed by atoms with Crippen LogP contribution in [0.3, 0.4) is 0 Å². The topological polar surface area (TPSA) is 149 Å². The fraction of sp³-hybridized carbons (Fsp3) is 0.538. The molecule has 5 atom stereocenters. The van der Waals surface area contributed by atoms with Crippen LogP contribution in [0.4, 0.5) is 11.4 Å². The molecule has 1 aromatic carbocycles. The summed E-state index contributed by atoms with van der Waals surface area (Å²) < 4.78 is 5.33. The standard InChI is InChI=1S/C13H19N2O7/c1-6-4-7(15(20)21)2-3-8(6)14-13-11(19)10(18)12(22-13)9(17)5-16/h2-4,9-14,16-20H,5H2,1H3/q-1. The zero-order valence-electron chi connectivity index (χ0n) is 11.8. The molecule has 1 heterocycles. The molecule has 1 fully saturated rings.